The Labute approximate surface area is 115 Å². The quantitative estimate of drug-likeness (QED) is 0.916. The third-order valence-corrected chi connectivity index (χ3v) is 4.02. The average Bonchev–Trinajstić information content (AvgIpc) is 3.10. The maximum Gasteiger partial charge on any atom is 0.176 e. The minimum atomic E-state index is -0.147. The van der Waals surface area contributed by atoms with E-state index < -0.39 is 0 Å². The largest absolute Gasteiger partial charge is 0.378 e. The zero-order chi connectivity index (χ0) is 13.1. The minimum Gasteiger partial charge on any atom is -0.378 e. The van der Waals surface area contributed by atoms with Gasteiger partial charge in [-0.15, -0.1) is 11.3 Å². The van der Waals surface area contributed by atoms with Gasteiger partial charge in [-0.2, -0.15) is 9.49 Å². The van der Waals surface area contributed by atoms with Crippen molar-refractivity contribution in [1.29, 1.82) is 0 Å². The van der Waals surface area contributed by atoms with E-state index in [1.54, 1.807) is 12.3 Å². The van der Waals surface area contributed by atoms with Crippen molar-refractivity contribution in [2.24, 2.45) is 0 Å². The van der Waals surface area contributed by atoms with Gasteiger partial charge in [0.15, 0.2) is 5.13 Å². The number of hydrogen-bond donors (Lipinski definition) is 1. The van der Waals surface area contributed by atoms with Crippen molar-refractivity contribution in [3.63, 3.8) is 0 Å². The topological polar surface area (TPSA) is 39.1 Å². The van der Waals surface area contributed by atoms with E-state index in [0.29, 0.717) is 12.6 Å². The lowest BCUT2D eigenvalue weighted by molar-refractivity contribution is 0.0940. The van der Waals surface area contributed by atoms with Gasteiger partial charge < -0.3 is 10.1 Å². The third kappa shape index (κ3) is 3.33. The molecule has 0 aliphatic carbocycles. The lowest BCUT2D eigenvalue weighted by Gasteiger charge is -2.08. The van der Waals surface area contributed by atoms with Gasteiger partial charge in [-0.3, -0.25) is 4.68 Å². The molecule has 1 fully saturated rings. The average molecular weight is 281 g/mol. The SMILES string of the molecule is Fc1ccc(CNc2cnn(C[C@H]3CCCO3)c2)s1. The van der Waals surface area contributed by atoms with Gasteiger partial charge in [-0.05, 0) is 25.0 Å². The number of aromatic nitrogens is 2. The summed E-state index contributed by atoms with van der Waals surface area (Å²) >= 11 is 1.16. The normalized spacial score (nSPS) is 18.9. The molecule has 1 aliphatic heterocycles. The molecule has 19 heavy (non-hydrogen) atoms. The molecule has 0 unspecified atom stereocenters. The van der Waals surface area contributed by atoms with Crippen LogP contribution in [-0.4, -0.2) is 22.5 Å². The molecule has 1 N–H and O–H groups in total. The maximum absolute atomic E-state index is 12.8. The number of ether oxygens (including phenoxy) is 1. The number of rotatable bonds is 5. The summed E-state index contributed by atoms with van der Waals surface area (Å²) in [6.07, 6.45) is 6.29. The number of nitrogens with one attached hydrogen (secondary N) is 1. The van der Waals surface area contributed by atoms with E-state index in [1.807, 2.05) is 10.9 Å². The molecule has 1 aliphatic rings. The lowest BCUT2D eigenvalue weighted by Crippen LogP contribution is -2.15. The van der Waals surface area contributed by atoms with Crippen LogP contribution in [0.2, 0.25) is 0 Å². The van der Waals surface area contributed by atoms with E-state index >= 15 is 0 Å². The van der Waals surface area contributed by atoms with E-state index in [2.05, 4.69) is 10.4 Å². The van der Waals surface area contributed by atoms with Crippen LogP contribution in [0.4, 0.5) is 10.1 Å². The Balaban J connectivity index is 1.52. The van der Waals surface area contributed by atoms with E-state index in [0.717, 1.165) is 47.9 Å². The zero-order valence-electron chi connectivity index (χ0n) is 10.5. The second kappa shape index (κ2) is 5.71. The first kappa shape index (κ1) is 12.6. The summed E-state index contributed by atoms with van der Waals surface area (Å²) in [6, 6.07) is 3.28. The first-order valence-corrected chi connectivity index (χ1v) is 7.23. The van der Waals surface area contributed by atoms with Crippen LogP contribution in [0.25, 0.3) is 0 Å². The molecule has 4 nitrogen and oxygen atoms in total. The molecule has 0 aromatic carbocycles. The lowest BCUT2D eigenvalue weighted by atomic mass is 10.2. The Hall–Kier alpha value is -1.40. The van der Waals surface area contributed by atoms with Crippen LogP contribution in [0, 0.1) is 5.13 Å². The summed E-state index contributed by atoms with van der Waals surface area (Å²) in [4.78, 5) is 0.976. The minimum absolute atomic E-state index is 0.147. The fraction of sp³-hybridized carbons (Fsp3) is 0.462. The second-order valence-corrected chi connectivity index (χ2v) is 5.76. The van der Waals surface area contributed by atoms with Gasteiger partial charge in [0, 0.05) is 24.2 Å². The third-order valence-electron chi connectivity index (χ3n) is 3.14. The van der Waals surface area contributed by atoms with E-state index in [9.17, 15) is 4.39 Å². The molecule has 0 spiro atoms. The van der Waals surface area contributed by atoms with Crippen molar-refractivity contribution in [1.82, 2.24) is 9.78 Å². The Morgan fingerprint density at radius 3 is 3.21 bits per heavy atom. The molecule has 0 bridgehead atoms. The van der Waals surface area contributed by atoms with Gasteiger partial charge in [-0.1, -0.05) is 0 Å². The van der Waals surface area contributed by atoms with Crippen molar-refractivity contribution in [2.45, 2.75) is 32.0 Å². The molecule has 0 radical (unpaired) electrons. The molecule has 6 heteroatoms. The maximum atomic E-state index is 12.8. The van der Waals surface area contributed by atoms with Crippen molar-refractivity contribution < 1.29 is 9.13 Å². The van der Waals surface area contributed by atoms with Gasteiger partial charge in [0.1, 0.15) is 0 Å². The molecule has 0 saturated carbocycles. The second-order valence-electron chi connectivity index (χ2n) is 4.65. The summed E-state index contributed by atoms with van der Waals surface area (Å²) in [7, 11) is 0. The summed E-state index contributed by atoms with van der Waals surface area (Å²) < 4.78 is 20.3. The molecule has 102 valence electrons. The molecule has 3 rings (SSSR count). The number of anilines is 1. The van der Waals surface area contributed by atoms with Gasteiger partial charge in [0.05, 0.1) is 24.5 Å². The van der Waals surface area contributed by atoms with Gasteiger partial charge in [0.2, 0.25) is 0 Å². The highest BCUT2D eigenvalue weighted by atomic mass is 32.1. The van der Waals surface area contributed by atoms with Gasteiger partial charge in [0.25, 0.3) is 0 Å². The van der Waals surface area contributed by atoms with Gasteiger partial charge >= 0.3 is 0 Å². The molecular weight excluding hydrogens is 265 g/mol. The standard InChI is InChI=1S/C13H16FN3OS/c14-13-4-3-12(19-13)7-15-10-6-16-17(8-10)9-11-2-1-5-18-11/h3-4,6,8,11,15H,1-2,5,7,9H2/t11-/m1/s1. The summed E-state index contributed by atoms with van der Waals surface area (Å²) in [6.45, 7) is 2.29. The summed E-state index contributed by atoms with van der Waals surface area (Å²) in [5.41, 5.74) is 0.951. The smallest absolute Gasteiger partial charge is 0.176 e. The van der Waals surface area contributed by atoms with Gasteiger partial charge in [-0.25, -0.2) is 0 Å². The van der Waals surface area contributed by atoms with Crippen molar-refractivity contribution in [3.05, 3.63) is 34.5 Å². The van der Waals surface area contributed by atoms with Crippen molar-refractivity contribution >= 4 is 17.0 Å². The molecule has 2 aromatic heterocycles. The fourth-order valence-electron chi connectivity index (χ4n) is 2.19. The Morgan fingerprint density at radius 1 is 1.53 bits per heavy atom. The predicted octanol–water partition coefficient (Wildman–Crippen LogP) is 2.87. The van der Waals surface area contributed by atoms with Crippen LogP contribution < -0.4 is 5.32 Å². The number of thiophene rings is 1. The van der Waals surface area contributed by atoms with Crippen LogP contribution in [0.3, 0.4) is 0 Å². The first-order valence-electron chi connectivity index (χ1n) is 6.42. The van der Waals surface area contributed by atoms with E-state index in [4.69, 9.17) is 4.74 Å². The highest BCUT2D eigenvalue weighted by Gasteiger charge is 2.16. The van der Waals surface area contributed by atoms with E-state index in [1.165, 1.54) is 6.07 Å². The first-order chi connectivity index (χ1) is 9.29. The highest BCUT2D eigenvalue weighted by Crippen LogP contribution is 2.17. The molecule has 1 atom stereocenters. The van der Waals surface area contributed by atoms with Crippen LogP contribution >= 0.6 is 11.3 Å². The summed E-state index contributed by atoms with van der Waals surface area (Å²) in [5.74, 6) is 0. The van der Waals surface area contributed by atoms with Crippen LogP contribution in [0.1, 0.15) is 17.7 Å². The molecule has 2 aromatic rings. The van der Waals surface area contributed by atoms with Crippen LogP contribution in [-0.2, 0) is 17.8 Å². The zero-order valence-corrected chi connectivity index (χ0v) is 11.3. The number of hydrogen-bond acceptors (Lipinski definition) is 4. The Morgan fingerprint density at radius 2 is 2.47 bits per heavy atom. The molecule has 3 heterocycles. The summed E-state index contributed by atoms with van der Waals surface area (Å²) in [5, 5.41) is 7.39. The highest BCUT2D eigenvalue weighted by molar-refractivity contribution is 7.10. The monoisotopic (exact) mass is 281 g/mol. The Bertz CT molecular complexity index is 533. The van der Waals surface area contributed by atoms with Crippen LogP contribution in [0.5, 0.6) is 0 Å². The molecule has 0 amide bonds. The number of halogens is 1. The molecular formula is C13H16FN3OS. The fourth-order valence-corrected chi connectivity index (χ4v) is 2.85. The van der Waals surface area contributed by atoms with Crippen molar-refractivity contribution in [3.8, 4) is 0 Å². The van der Waals surface area contributed by atoms with Crippen LogP contribution in [0.15, 0.2) is 24.5 Å². The van der Waals surface area contributed by atoms with Crippen molar-refractivity contribution in [2.75, 3.05) is 11.9 Å². The predicted molar refractivity (Wildman–Crippen MR) is 72.8 cm³/mol. The Kier molecular flexibility index (Phi) is 3.79. The number of nitrogens with zero attached hydrogens (tertiary/aromatic N) is 2. The molecule has 1 saturated heterocycles. The van der Waals surface area contributed by atoms with E-state index in [-0.39, 0.29) is 5.13 Å².